The maximum absolute atomic E-state index is 12.1. The van der Waals surface area contributed by atoms with Crippen LogP contribution in [0.1, 0.15) is 60.3 Å². The zero-order valence-electron chi connectivity index (χ0n) is 17.9. The normalized spacial score (nSPS) is 45.2. The molecule has 160 valence electrons. The van der Waals surface area contributed by atoms with E-state index in [0.717, 1.165) is 12.0 Å². The Morgan fingerprint density at radius 3 is 2.55 bits per heavy atom. The van der Waals surface area contributed by atoms with E-state index in [1.165, 1.54) is 13.0 Å². The number of carbonyl (C=O) groups excluding carboxylic acids is 2. The van der Waals surface area contributed by atoms with E-state index in [9.17, 15) is 19.8 Å². The van der Waals surface area contributed by atoms with Crippen molar-refractivity contribution < 1.29 is 29.3 Å². The lowest BCUT2D eigenvalue weighted by Crippen LogP contribution is -2.71. The lowest BCUT2D eigenvalue weighted by Gasteiger charge is -2.68. The summed E-state index contributed by atoms with van der Waals surface area (Å²) in [5.41, 5.74) is -2.11. The molecule has 6 nitrogen and oxygen atoms in total. The third kappa shape index (κ3) is 2.48. The quantitative estimate of drug-likeness (QED) is 0.688. The number of esters is 2. The van der Waals surface area contributed by atoms with Crippen molar-refractivity contribution in [2.24, 2.45) is 28.1 Å². The number of rotatable bonds is 2. The molecule has 0 aromatic rings. The molecule has 4 aliphatic rings. The highest BCUT2D eigenvalue weighted by Crippen LogP contribution is 2.69. The van der Waals surface area contributed by atoms with Crippen molar-refractivity contribution in [1.82, 2.24) is 0 Å². The van der Waals surface area contributed by atoms with Crippen LogP contribution < -0.4 is 0 Å². The Balaban J connectivity index is 1.92. The van der Waals surface area contributed by atoms with Crippen LogP contribution in [-0.4, -0.2) is 40.5 Å². The Labute approximate surface area is 172 Å². The molecule has 0 amide bonds. The number of carbonyl (C=O) groups is 2. The second kappa shape index (κ2) is 6.17. The molecule has 0 bridgehead atoms. The average molecular weight is 405 g/mol. The van der Waals surface area contributed by atoms with Gasteiger partial charge in [-0.05, 0) is 49.0 Å². The highest BCUT2D eigenvalue weighted by atomic mass is 16.5. The number of hydrogen-bond acceptors (Lipinski definition) is 6. The van der Waals surface area contributed by atoms with Gasteiger partial charge >= 0.3 is 11.9 Å². The number of fused-ring (bicyclic) bond motifs is 4. The fraction of sp³-hybridized carbons (Fsp3) is 0.739. The smallest absolute Gasteiger partial charge is 0.336 e. The lowest BCUT2D eigenvalue weighted by atomic mass is 9.39. The van der Waals surface area contributed by atoms with Gasteiger partial charge in [-0.1, -0.05) is 27.7 Å². The van der Waals surface area contributed by atoms with Gasteiger partial charge in [0, 0.05) is 29.4 Å². The van der Waals surface area contributed by atoms with Crippen molar-refractivity contribution >= 4 is 11.9 Å². The molecule has 0 unspecified atom stereocenters. The van der Waals surface area contributed by atoms with Crippen LogP contribution in [0.4, 0.5) is 0 Å². The second-order valence-corrected chi connectivity index (χ2v) is 10.4. The summed E-state index contributed by atoms with van der Waals surface area (Å²) in [6, 6.07) is 0. The average Bonchev–Trinajstić information content (AvgIpc) is 3.02. The third-order valence-corrected chi connectivity index (χ3v) is 8.79. The van der Waals surface area contributed by atoms with Gasteiger partial charge in [-0.2, -0.15) is 0 Å². The number of aliphatic hydroxyl groups is 2. The molecule has 0 aromatic carbocycles. The van der Waals surface area contributed by atoms with Crippen molar-refractivity contribution in [3.8, 4) is 0 Å². The summed E-state index contributed by atoms with van der Waals surface area (Å²) < 4.78 is 11.3. The molecule has 0 saturated heterocycles. The van der Waals surface area contributed by atoms with E-state index in [2.05, 4.69) is 13.8 Å². The Morgan fingerprint density at radius 2 is 1.93 bits per heavy atom. The van der Waals surface area contributed by atoms with Crippen LogP contribution in [0.5, 0.6) is 0 Å². The van der Waals surface area contributed by atoms with Crippen LogP contribution in [0.15, 0.2) is 23.5 Å². The zero-order chi connectivity index (χ0) is 21.4. The van der Waals surface area contributed by atoms with Gasteiger partial charge < -0.3 is 19.7 Å². The summed E-state index contributed by atoms with van der Waals surface area (Å²) in [6.07, 6.45) is 5.65. The molecule has 6 atom stereocenters. The van der Waals surface area contributed by atoms with Crippen molar-refractivity contribution in [1.29, 1.82) is 0 Å². The summed E-state index contributed by atoms with van der Waals surface area (Å²) >= 11 is 0. The van der Waals surface area contributed by atoms with Crippen LogP contribution in [0, 0.1) is 28.1 Å². The molecular weight excluding hydrogens is 372 g/mol. The molecule has 0 radical (unpaired) electrons. The van der Waals surface area contributed by atoms with Crippen molar-refractivity contribution in [3.63, 3.8) is 0 Å². The molecule has 4 rings (SSSR count). The Bertz CT molecular complexity index is 825. The summed E-state index contributed by atoms with van der Waals surface area (Å²) in [7, 11) is 0. The molecule has 6 heteroatoms. The van der Waals surface area contributed by atoms with Crippen molar-refractivity contribution in [3.05, 3.63) is 23.5 Å². The minimum Gasteiger partial charge on any atom is -0.462 e. The van der Waals surface area contributed by atoms with Crippen LogP contribution >= 0.6 is 0 Å². The zero-order valence-corrected chi connectivity index (χ0v) is 17.9. The first-order valence-electron chi connectivity index (χ1n) is 10.6. The van der Waals surface area contributed by atoms with E-state index >= 15 is 0 Å². The minimum absolute atomic E-state index is 0.00534. The summed E-state index contributed by atoms with van der Waals surface area (Å²) in [5, 5.41) is 22.5. The number of aliphatic hydroxyl groups excluding tert-OH is 1. The van der Waals surface area contributed by atoms with E-state index in [1.807, 2.05) is 19.9 Å². The van der Waals surface area contributed by atoms with Crippen LogP contribution in [0.2, 0.25) is 0 Å². The molecule has 2 saturated carbocycles. The topological polar surface area (TPSA) is 93.1 Å². The Hall–Kier alpha value is -1.66. The monoisotopic (exact) mass is 404 g/mol. The summed E-state index contributed by atoms with van der Waals surface area (Å²) in [5.74, 6) is -0.523. The van der Waals surface area contributed by atoms with Gasteiger partial charge in [-0.25, -0.2) is 4.79 Å². The molecule has 2 fully saturated rings. The van der Waals surface area contributed by atoms with Gasteiger partial charge in [-0.15, -0.1) is 0 Å². The lowest BCUT2D eigenvalue weighted by molar-refractivity contribution is -0.277. The van der Waals surface area contributed by atoms with E-state index in [1.54, 1.807) is 0 Å². The predicted molar refractivity (Wildman–Crippen MR) is 105 cm³/mol. The van der Waals surface area contributed by atoms with Gasteiger partial charge in [0.2, 0.25) is 0 Å². The molecule has 2 N–H and O–H groups in total. The Kier molecular flexibility index (Phi) is 4.39. The SMILES string of the molecule is CC(=O)O[C@H]1CCC(C)(C)[C@]2(O)CC[C@@H]3[C@H](C=C4OC(=O)C=C4[C@@]3(C)CO)[C@@]12C. The fourth-order valence-electron chi connectivity index (χ4n) is 6.96. The van der Waals surface area contributed by atoms with Crippen molar-refractivity contribution in [2.45, 2.75) is 72.0 Å². The second-order valence-electron chi connectivity index (χ2n) is 10.4. The van der Waals surface area contributed by atoms with Gasteiger partial charge in [0.25, 0.3) is 0 Å². The molecule has 1 aliphatic heterocycles. The predicted octanol–water partition coefficient (Wildman–Crippen LogP) is 2.88. The minimum atomic E-state index is -1.06. The fourth-order valence-corrected chi connectivity index (χ4v) is 6.96. The van der Waals surface area contributed by atoms with E-state index in [0.29, 0.717) is 25.0 Å². The number of allylic oxidation sites excluding steroid dienone is 2. The first kappa shape index (κ1) is 20.6. The summed E-state index contributed by atoms with van der Waals surface area (Å²) in [6.45, 7) is 9.42. The van der Waals surface area contributed by atoms with Gasteiger partial charge in [0.1, 0.15) is 11.9 Å². The number of ether oxygens (including phenoxy) is 2. The van der Waals surface area contributed by atoms with Gasteiger partial charge in [-0.3, -0.25) is 4.79 Å². The first-order valence-corrected chi connectivity index (χ1v) is 10.6. The molecule has 0 spiro atoms. The van der Waals surface area contributed by atoms with Gasteiger partial charge in [0.15, 0.2) is 0 Å². The number of hydrogen-bond donors (Lipinski definition) is 2. The van der Waals surface area contributed by atoms with Crippen LogP contribution in [0.3, 0.4) is 0 Å². The molecule has 0 aromatic heterocycles. The molecule has 29 heavy (non-hydrogen) atoms. The maximum Gasteiger partial charge on any atom is 0.336 e. The van der Waals surface area contributed by atoms with E-state index in [4.69, 9.17) is 9.47 Å². The largest absolute Gasteiger partial charge is 0.462 e. The highest BCUT2D eigenvalue weighted by Gasteiger charge is 2.71. The molecular formula is C23H32O6. The standard InChI is InChI=1S/C23H32O6/c1-13(25)28-18-7-8-20(2,3)23(27)9-6-14-15(22(18,23)5)10-17-16(11-19(26)29-17)21(14,4)12-24/h10-11,14-15,18,24,27H,6-9,12H2,1-5H3/t14-,15+,18+,21+,22+,23-/m1/s1. The molecule has 3 aliphatic carbocycles. The highest BCUT2D eigenvalue weighted by molar-refractivity contribution is 5.89. The maximum atomic E-state index is 12.1. The van der Waals surface area contributed by atoms with Gasteiger partial charge in [0.05, 0.1) is 12.2 Å². The van der Waals surface area contributed by atoms with E-state index < -0.39 is 28.5 Å². The Morgan fingerprint density at radius 1 is 1.24 bits per heavy atom. The van der Waals surface area contributed by atoms with Crippen LogP contribution in [-0.2, 0) is 19.1 Å². The van der Waals surface area contributed by atoms with Crippen molar-refractivity contribution in [2.75, 3.05) is 6.61 Å². The third-order valence-electron chi connectivity index (χ3n) is 8.79. The summed E-state index contributed by atoms with van der Waals surface area (Å²) in [4.78, 5) is 23.9. The molecule has 1 heterocycles. The van der Waals surface area contributed by atoms with Crippen LogP contribution in [0.25, 0.3) is 0 Å². The first-order chi connectivity index (χ1) is 13.4. The van der Waals surface area contributed by atoms with E-state index in [-0.39, 0.29) is 29.8 Å².